The van der Waals surface area contributed by atoms with Crippen molar-refractivity contribution in [2.45, 2.75) is 20.8 Å². The Kier molecular flexibility index (Phi) is 4.23. The van der Waals surface area contributed by atoms with E-state index in [0.717, 1.165) is 26.9 Å². The van der Waals surface area contributed by atoms with Crippen LogP contribution in [0.15, 0.2) is 34.8 Å². The molecule has 0 saturated heterocycles. The molecule has 104 valence electrons. The minimum Gasteiger partial charge on any atom is -0.321 e. The van der Waals surface area contributed by atoms with Crippen molar-refractivity contribution in [2.75, 3.05) is 5.32 Å². The number of carbonyl (C=O) groups is 1. The molecular weight excluding hydrogens is 321 g/mol. The van der Waals surface area contributed by atoms with E-state index in [9.17, 15) is 9.18 Å². The van der Waals surface area contributed by atoms with Crippen LogP contribution in [0.3, 0.4) is 0 Å². The number of amides is 1. The van der Waals surface area contributed by atoms with Gasteiger partial charge in [-0.1, -0.05) is 22.0 Å². The van der Waals surface area contributed by atoms with Gasteiger partial charge < -0.3 is 5.32 Å². The first kappa shape index (κ1) is 14.7. The molecule has 0 aliphatic carbocycles. The number of nitrogens with one attached hydrogen (secondary N) is 1. The average molecular weight is 336 g/mol. The van der Waals surface area contributed by atoms with Crippen LogP contribution >= 0.6 is 15.9 Å². The fourth-order valence-electron chi connectivity index (χ4n) is 2.09. The standard InChI is InChI=1S/C16H15BrFNO/c1-9-4-5-13(14(18)6-9)16(20)19-15-10(2)7-12(17)8-11(15)3/h4-8H,1-3H3,(H,19,20). The van der Waals surface area contributed by atoms with Crippen molar-refractivity contribution in [1.29, 1.82) is 0 Å². The van der Waals surface area contributed by atoms with Crippen molar-refractivity contribution in [3.05, 3.63) is 62.9 Å². The molecule has 20 heavy (non-hydrogen) atoms. The molecule has 0 spiro atoms. The largest absolute Gasteiger partial charge is 0.321 e. The predicted octanol–water partition coefficient (Wildman–Crippen LogP) is 4.77. The van der Waals surface area contributed by atoms with E-state index in [4.69, 9.17) is 0 Å². The van der Waals surface area contributed by atoms with Crippen molar-refractivity contribution >= 4 is 27.5 Å². The number of halogens is 2. The summed E-state index contributed by atoms with van der Waals surface area (Å²) in [5, 5.41) is 2.78. The van der Waals surface area contributed by atoms with Crippen LogP contribution in [0.1, 0.15) is 27.0 Å². The van der Waals surface area contributed by atoms with E-state index in [1.165, 1.54) is 12.1 Å². The second kappa shape index (κ2) is 5.75. The highest BCUT2D eigenvalue weighted by atomic mass is 79.9. The minimum atomic E-state index is -0.505. The molecule has 0 aromatic heterocycles. The van der Waals surface area contributed by atoms with E-state index in [1.54, 1.807) is 13.0 Å². The topological polar surface area (TPSA) is 29.1 Å². The van der Waals surface area contributed by atoms with Crippen molar-refractivity contribution in [3.63, 3.8) is 0 Å². The molecule has 4 heteroatoms. The van der Waals surface area contributed by atoms with Crippen molar-refractivity contribution in [3.8, 4) is 0 Å². The van der Waals surface area contributed by atoms with Gasteiger partial charge in [0.15, 0.2) is 0 Å². The Morgan fingerprint density at radius 2 is 1.70 bits per heavy atom. The zero-order valence-electron chi connectivity index (χ0n) is 11.6. The van der Waals surface area contributed by atoms with Gasteiger partial charge in [0.1, 0.15) is 5.82 Å². The summed E-state index contributed by atoms with van der Waals surface area (Å²) in [4.78, 5) is 12.2. The van der Waals surface area contributed by atoms with Gasteiger partial charge in [-0.05, 0) is 61.7 Å². The van der Waals surface area contributed by atoms with E-state index in [0.29, 0.717) is 0 Å². The molecule has 2 rings (SSSR count). The maximum absolute atomic E-state index is 13.8. The Bertz CT molecular complexity index is 659. The number of hydrogen-bond donors (Lipinski definition) is 1. The lowest BCUT2D eigenvalue weighted by atomic mass is 10.1. The first-order valence-electron chi connectivity index (χ1n) is 6.22. The molecule has 2 aromatic rings. The third kappa shape index (κ3) is 3.07. The number of hydrogen-bond acceptors (Lipinski definition) is 1. The van der Waals surface area contributed by atoms with Crippen LogP contribution in [0.5, 0.6) is 0 Å². The van der Waals surface area contributed by atoms with Gasteiger partial charge in [0, 0.05) is 10.2 Å². The predicted molar refractivity (Wildman–Crippen MR) is 82.7 cm³/mol. The van der Waals surface area contributed by atoms with Crippen LogP contribution in [0.4, 0.5) is 10.1 Å². The maximum atomic E-state index is 13.8. The molecular formula is C16H15BrFNO. The second-order valence-corrected chi connectivity index (χ2v) is 5.77. The maximum Gasteiger partial charge on any atom is 0.258 e. The summed E-state index contributed by atoms with van der Waals surface area (Å²) in [6.07, 6.45) is 0. The summed E-state index contributed by atoms with van der Waals surface area (Å²) in [7, 11) is 0. The van der Waals surface area contributed by atoms with Crippen LogP contribution in [0.25, 0.3) is 0 Å². The molecule has 2 aromatic carbocycles. The van der Waals surface area contributed by atoms with E-state index >= 15 is 0 Å². The number of carbonyl (C=O) groups excluding carboxylic acids is 1. The third-order valence-corrected chi connectivity index (χ3v) is 3.56. The van der Waals surface area contributed by atoms with Gasteiger partial charge in [-0.25, -0.2) is 4.39 Å². The molecule has 2 nitrogen and oxygen atoms in total. The lowest BCUT2D eigenvalue weighted by molar-refractivity contribution is 0.102. The highest BCUT2D eigenvalue weighted by molar-refractivity contribution is 9.10. The van der Waals surface area contributed by atoms with Gasteiger partial charge in [-0.15, -0.1) is 0 Å². The van der Waals surface area contributed by atoms with E-state index in [-0.39, 0.29) is 5.56 Å². The van der Waals surface area contributed by atoms with Gasteiger partial charge in [0.2, 0.25) is 0 Å². The number of benzene rings is 2. The Morgan fingerprint density at radius 3 is 2.25 bits per heavy atom. The van der Waals surface area contributed by atoms with Crippen LogP contribution in [-0.4, -0.2) is 5.91 Å². The van der Waals surface area contributed by atoms with Crippen LogP contribution in [0.2, 0.25) is 0 Å². The fourth-order valence-corrected chi connectivity index (χ4v) is 2.78. The molecule has 0 heterocycles. The summed E-state index contributed by atoms with van der Waals surface area (Å²) in [5.41, 5.74) is 3.42. The Labute approximate surface area is 126 Å². The Balaban J connectivity index is 2.33. The Morgan fingerprint density at radius 1 is 1.10 bits per heavy atom. The molecule has 0 aliphatic rings. The number of rotatable bonds is 2. The normalized spacial score (nSPS) is 10.4. The van der Waals surface area contributed by atoms with Crippen LogP contribution in [0, 0.1) is 26.6 Å². The van der Waals surface area contributed by atoms with Gasteiger partial charge in [-0.2, -0.15) is 0 Å². The van der Waals surface area contributed by atoms with Gasteiger partial charge in [-0.3, -0.25) is 4.79 Å². The summed E-state index contributed by atoms with van der Waals surface area (Å²) < 4.78 is 14.8. The molecule has 0 unspecified atom stereocenters. The monoisotopic (exact) mass is 335 g/mol. The molecule has 0 aliphatic heterocycles. The first-order valence-corrected chi connectivity index (χ1v) is 7.02. The molecule has 0 radical (unpaired) electrons. The average Bonchev–Trinajstić information content (AvgIpc) is 2.33. The second-order valence-electron chi connectivity index (χ2n) is 4.85. The summed E-state index contributed by atoms with van der Waals surface area (Å²) >= 11 is 3.41. The summed E-state index contributed by atoms with van der Waals surface area (Å²) in [5.74, 6) is -0.939. The zero-order valence-corrected chi connectivity index (χ0v) is 13.1. The van der Waals surface area contributed by atoms with Crippen LogP contribution < -0.4 is 5.32 Å². The summed E-state index contributed by atoms with van der Waals surface area (Å²) in [6, 6.07) is 8.40. The van der Waals surface area contributed by atoms with E-state index in [2.05, 4.69) is 21.2 Å². The zero-order chi connectivity index (χ0) is 14.9. The first-order chi connectivity index (χ1) is 9.38. The third-order valence-electron chi connectivity index (χ3n) is 3.11. The molecule has 0 atom stereocenters. The molecule has 0 saturated carbocycles. The number of aryl methyl sites for hydroxylation is 3. The van der Waals surface area contributed by atoms with Gasteiger partial charge >= 0.3 is 0 Å². The number of anilines is 1. The lowest BCUT2D eigenvalue weighted by Crippen LogP contribution is -2.15. The molecule has 1 N–H and O–H groups in total. The highest BCUT2D eigenvalue weighted by Crippen LogP contribution is 2.25. The van der Waals surface area contributed by atoms with E-state index in [1.807, 2.05) is 26.0 Å². The fraction of sp³-hybridized carbons (Fsp3) is 0.188. The lowest BCUT2D eigenvalue weighted by Gasteiger charge is -2.13. The van der Waals surface area contributed by atoms with E-state index < -0.39 is 11.7 Å². The van der Waals surface area contributed by atoms with Gasteiger partial charge in [0.25, 0.3) is 5.91 Å². The quantitative estimate of drug-likeness (QED) is 0.841. The molecule has 1 amide bonds. The smallest absolute Gasteiger partial charge is 0.258 e. The molecule has 0 fully saturated rings. The van der Waals surface area contributed by atoms with Crippen LogP contribution in [-0.2, 0) is 0 Å². The molecule has 0 bridgehead atoms. The van der Waals surface area contributed by atoms with Gasteiger partial charge in [0.05, 0.1) is 5.56 Å². The van der Waals surface area contributed by atoms with Crippen molar-refractivity contribution in [1.82, 2.24) is 0 Å². The summed E-state index contributed by atoms with van der Waals surface area (Å²) in [6.45, 7) is 5.59. The highest BCUT2D eigenvalue weighted by Gasteiger charge is 2.14. The van der Waals surface area contributed by atoms with Crippen molar-refractivity contribution in [2.24, 2.45) is 0 Å². The Hall–Kier alpha value is -1.68. The SMILES string of the molecule is Cc1ccc(C(=O)Nc2c(C)cc(Br)cc2C)c(F)c1. The van der Waals surface area contributed by atoms with Crippen molar-refractivity contribution < 1.29 is 9.18 Å². The minimum absolute atomic E-state index is 0.0531.